The quantitative estimate of drug-likeness (QED) is 0.871. The van der Waals surface area contributed by atoms with Crippen molar-refractivity contribution in [2.45, 2.75) is 31.5 Å². The van der Waals surface area contributed by atoms with Crippen LogP contribution < -0.4 is 15.4 Å². The van der Waals surface area contributed by atoms with Gasteiger partial charge in [-0.25, -0.2) is 0 Å². The van der Waals surface area contributed by atoms with Crippen molar-refractivity contribution in [3.8, 4) is 5.75 Å². The second kappa shape index (κ2) is 7.82. The number of ether oxygens (including phenoxy) is 1. The summed E-state index contributed by atoms with van der Waals surface area (Å²) in [6, 6.07) is 17.0. The van der Waals surface area contributed by atoms with Crippen LogP contribution in [-0.2, 0) is 6.54 Å². The van der Waals surface area contributed by atoms with E-state index in [1.807, 2.05) is 24.3 Å². The Morgan fingerprint density at radius 1 is 1.17 bits per heavy atom. The van der Waals surface area contributed by atoms with Crippen molar-refractivity contribution >= 4 is 11.6 Å². The molecule has 1 fully saturated rings. The molecule has 3 rings (SSSR count). The minimum absolute atomic E-state index is 0.315. The molecule has 0 bridgehead atoms. The number of para-hydroxylation sites is 1. The van der Waals surface area contributed by atoms with Crippen LogP contribution in [0.1, 0.15) is 30.0 Å². The number of hydrogen-bond acceptors (Lipinski definition) is 3. The number of halogens is 1. The fraction of sp³-hybridized carbons (Fsp3) is 0.368. The minimum Gasteiger partial charge on any atom is -0.496 e. The first kappa shape index (κ1) is 16.3. The predicted octanol–water partition coefficient (Wildman–Crippen LogP) is 3.93. The summed E-state index contributed by atoms with van der Waals surface area (Å²) in [7, 11) is 1.72. The van der Waals surface area contributed by atoms with Gasteiger partial charge in [0.1, 0.15) is 5.75 Å². The van der Waals surface area contributed by atoms with Gasteiger partial charge in [-0.1, -0.05) is 41.9 Å². The van der Waals surface area contributed by atoms with E-state index in [0.29, 0.717) is 12.1 Å². The summed E-state index contributed by atoms with van der Waals surface area (Å²) in [6.45, 7) is 1.86. The van der Waals surface area contributed by atoms with E-state index in [0.717, 1.165) is 30.3 Å². The zero-order chi connectivity index (χ0) is 16.1. The van der Waals surface area contributed by atoms with Crippen molar-refractivity contribution in [1.29, 1.82) is 0 Å². The SMILES string of the molecule is COc1ccccc1CN[C@H]1CCCN[C@H]1c1ccc(Cl)cc1. The van der Waals surface area contributed by atoms with E-state index in [2.05, 4.69) is 34.9 Å². The first-order chi connectivity index (χ1) is 11.3. The number of piperidine rings is 1. The van der Waals surface area contributed by atoms with Gasteiger partial charge < -0.3 is 15.4 Å². The van der Waals surface area contributed by atoms with Gasteiger partial charge in [-0.2, -0.15) is 0 Å². The van der Waals surface area contributed by atoms with Gasteiger partial charge in [0, 0.05) is 29.2 Å². The van der Waals surface area contributed by atoms with E-state index in [-0.39, 0.29) is 0 Å². The van der Waals surface area contributed by atoms with Crippen molar-refractivity contribution in [1.82, 2.24) is 10.6 Å². The first-order valence-corrected chi connectivity index (χ1v) is 8.50. The molecule has 2 aromatic carbocycles. The highest BCUT2D eigenvalue weighted by molar-refractivity contribution is 6.30. The van der Waals surface area contributed by atoms with E-state index in [1.54, 1.807) is 7.11 Å². The van der Waals surface area contributed by atoms with Gasteiger partial charge in [-0.3, -0.25) is 0 Å². The molecule has 0 unspecified atom stereocenters. The number of rotatable bonds is 5. The summed E-state index contributed by atoms with van der Waals surface area (Å²) >= 11 is 6.01. The number of methoxy groups -OCH3 is 1. The van der Waals surface area contributed by atoms with Crippen LogP contribution in [0.2, 0.25) is 5.02 Å². The van der Waals surface area contributed by atoms with Gasteiger partial charge in [0.2, 0.25) is 0 Å². The van der Waals surface area contributed by atoms with Crippen LogP contribution in [0.5, 0.6) is 5.75 Å². The Hall–Kier alpha value is -1.55. The van der Waals surface area contributed by atoms with Crippen LogP contribution in [0.25, 0.3) is 0 Å². The van der Waals surface area contributed by atoms with Crippen LogP contribution in [0.3, 0.4) is 0 Å². The summed E-state index contributed by atoms with van der Waals surface area (Å²) in [5, 5.41) is 8.11. The fourth-order valence-electron chi connectivity index (χ4n) is 3.22. The molecule has 2 N–H and O–H groups in total. The molecule has 1 saturated heterocycles. The monoisotopic (exact) mass is 330 g/mol. The first-order valence-electron chi connectivity index (χ1n) is 8.12. The third-order valence-corrected chi connectivity index (χ3v) is 4.69. The second-order valence-electron chi connectivity index (χ2n) is 5.92. The lowest BCUT2D eigenvalue weighted by molar-refractivity contribution is 0.303. The Labute approximate surface area is 143 Å². The number of benzene rings is 2. The zero-order valence-corrected chi connectivity index (χ0v) is 14.1. The van der Waals surface area contributed by atoms with Gasteiger partial charge in [-0.15, -0.1) is 0 Å². The summed E-state index contributed by atoms with van der Waals surface area (Å²) in [5.74, 6) is 0.937. The molecule has 2 aromatic rings. The Balaban J connectivity index is 1.70. The molecule has 3 nitrogen and oxygen atoms in total. The molecule has 122 valence electrons. The molecular formula is C19H23ClN2O. The minimum atomic E-state index is 0.315. The number of hydrogen-bond donors (Lipinski definition) is 2. The van der Waals surface area contributed by atoms with Crippen LogP contribution in [0.15, 0.2) is 48.5 Å². The Kier molecular flexibility index (Phi) is 5.55. The molecule has 0 aromatic heterocycles. The van der Waals surface area contributed by atoms with E-state index >= 15 is 0 Å². The Morgan fingerprint density at radius 2 is 1.96 bits per heavy atom. The highest BCUT2D eigenvalue weighted by Crippen LogP contribution is 2.26. The second-order valence-corrected chi connectivity index (χ2v) is 6.36. The molecule has 1 aliphatic rings. The maximum Gasteiger partial charge on any atom is 0.123 e. The Morgan fingerprint density at radius 3 is 2.74 bits per heavy atom. The standard InChI is InChI=1S/C19H23ClN2O/c1-23-18-7-3-2-5-15(18)13-22-17-6-4-12-21-19(17)14-8-10-16(20)11-9-14/h2-3,5,7-11,17,19,21-22H,4,6,12-13H2,1H3/t17-,19-/m0/s1. The van der Waals surface area contributed by atoms with Crippen LogP contribution in [0, 0.1) is 0 Å². The van der Waals surface area contributed by atoms with Crippen molar-refractivity contribution in [2.24, 2.45) is 0 Å². The summed E-state index contributed by atoms with van der Waals surface area (Å²) in [4.78, 5) is 0. The van der Waals surface area contributed by atoms with Gasteiger partial charge in [0.25, 0.3) is 0 Å². The van der Waals surface area contributed by atoms with Crippen molar-refractivity contribution in [2.75, 3.05) is 13.7 Å². The molecule has 23 heavy (non-hydrogen) atoms. The smallest absolute Gasteiger partial charge is 0.123 e. The van der Waals surface area contributed by atoms with Crippen molar-refractivity contribution in [3.05, 3.63) is 64.7 Å². The van der Waals surface area contributed by atoms with Crippen LogP contribution in [0.4, 0.5) is 0 Å². The third-order valence-electron chi connectivity index (χ3n) is 4.43. The molecule has 0 saturated carbocycles. The van der Waals surface area contributed by atoms with Crippen molar-refractivity contribution < 1.29 is 4.74 Å². The van der Waals surface area contributed by atoms with Gasteiger partial charge >= 0.3 is 0 Å². The average molecular weight is 331 g/mol. The molecule has 0 spiro atoms. The third kappa shape index (κ3) is 4.05. The Bertz CT molecular complexity index is 630. The van der Waals surface area contributed by atoms with Gasteiger partial charge in [-0.05, 0) is 43.1 Å². The lowest BCUT2D eigenvalue weighted by atomic mass is 9.92. The molecule has 0 amide bonds. The fourth-order valence-corrected chi connectivity index (χ4v) is 3.34. The zero-order valence-electron chi connectivity index (χ0n) is 13.4. The lowest BCUT2D eigenvalue weighted by Crippen LogP contribution is -2.45. The van der Waals surface area contributed by atoms with Gasteiger partial charge in [0.15, 0.2) is 0 Å². The van der Waals surface area contributed by atoms with Gasteiger partial charge in [0.05, 0.1) is 7.11 Å². The topological polar surface area (TPSA) is 33.3 Å². The maximum absolute atomic E-state index is 6.01. The summed E-state index contributed by atoms with van der Waals surface area (Å²) < 4.78 is 5.44. The maximum atomic E-state index is 6.01. The van der Waals surface area contributed by atoms with E-state index in [9.17, 15) is 0 Å². The van der Waals surface area contributed by atoms with Crippen LogP contribution in [-0.4, -0.2) is 19.7 Å². The molecule has 1 aliphatic heterocycles. The molecule has 2 atom stereocenters. The van der Waals surface area contributed by atoms with E-state index in [4.69, 9.17) is 16.3 Å². The van der Waals surface area contributed by atoms with E-state index in [1.165, 1.54) is 17.5 Å². The number of nitrogens with one attached hydrogen (secondary N) is 2. The van der Waals surface area contributed by atoms with Crippen LogP contribution >= 0.6 is 11.6 Å². The molecule has 1 heterocycles. The lowest BCUT2D eigenvalue weighted by Gasteiger charge is -2.34. The summed E-state index contributed by atoms with van der Waals surface area (Å²) in [6.07, 6.45) is 2.35. The normalized spacial score (nSPS) is 21.1. The summed E-state index contributed by atoms with van der Waals surface area (Å²) in [5.41, 5.74) is 2.47. The van der Waals surface area contributed by atoms with Crippen molar-refractivity contribution in [3.63, 3.8) is 0 Å². The largest absolute Gasteiger partial charge is 0.496 e. The highest BCUT2D eigenvalue weighted by atomic mass is 35.5. The molecule has 0 aliphatic carbocycles. The average Bonchev–Trinajstić information content (AvgIpc) is 2.61. The highest BCUT2D eigenvalue weighted by Gasteiger charge is 2.25. The molecule has 4 heteroatoms. The predicted molar refractivity (Wildman–Crippen MR) is 95.1 cm³/mol. The van der Waals surface area contributed by atoms with E-state index < -0.39 is 0 Å². The molecule has 0 radical (unpaired) electrons. The molecular weight excluding hydrogens is 308 g/mol.